The average Bonchev–Trinajstić information content (AvgIpc) is 3.69. The molecule has 4 bridgehead atoms. The van der Waals surface area contributed by atoms with Crippen molar-refractivity contribution in [2.45, 2.75) is 98.3 Å². The van der Waals surface area contributed by atoms with Gasteiger partial charge in [-0.2, -0.15) is 0 Å². The van der Waals surface area contributed by atoms with Gasteiger partial charge in [0.25, 0.3) is 0 Å². The standard InChI is InChI=1S/C45H55N7O2S/c1-28-30(21-45-25-42(3)22-43(4,26-45)24-44(23-42,27-45)18-10-19-51(5)6)14-15-31(28)33-16-17-36(47-37(33)40(53)54)52-20-9-11-32-29(2)38(49-50-39(32)52)48-41-46-34-12-7-8-13-35(34)55-41/h7-8,12-17,30H,9-11,18-27H2,1-6H3,(H,53,54)(H,46,48,49). The van der Waals surface area contributed by atoms with Crippen LogP contribution in [0.15, 0.2) is 54.1 Å². The van der Waals surface area contributed by atoms with Crippen molar-refractivity contribution >= 4 is 55.7 Å². The largest absolute Gasteiger partial charge is 0.476 e. The lowest BCUT2D eigenvalue weighted by Gasteiger charge is -2.70. The van der Waals surface area contributed by atoms with Gasteiger partial charge in [0, 0.05) is 23.2 Å². The molecule has 0 radical (unpaired) electrons. The maximum Gasteiger partial charge on any atom is 0.355 e. The molecule has 4 heterocycles. The third kappa shape index (κ3) is 6.57. The van der Waals surface area contributed by atoms with Gasteiger partial charge in [-0.3, -0.25) is 0 Å². The van der Waals surface area contributed by atoms with Crippen LogP contribution in [0.4, 0.5) is 22.6 Å². The number of thiazole rings is 1. The molecule has 5 aliphatic carbocycles. The van der Waals surface area contributed by atoms with E-state index in [1.807, 2.05) is 35.2 Å². The Morgan fingerprint density at radius 2 is 1.75 bits per heavy atom. The Morgan fingerprint density at radius 3 is 2.49 bits per heavy atom. The average molecular weight is 758 g/mol. The van der Waals surface area contributed by atoms with E-state index >= 15 is 0 Å². The third-order valence-corrected chi connectivity index (χ3v) is 14.8. The molecule has 4 saturated carbocycles. The zero-order chi connectivity index (χ0) is 38.3. The van der Waals surface area contributed by atoms with Gasteiger partial charge in [0.2, 0.25) is 0 Å². The van der Waals surface area contributed by atoms with Gasteiger partial charge < -0.3 is 20.2 Å². The molecule has 0 spiro atoms. The lowest BCUT2D eigenvalue weighted by molar-refractivity contribution is -0.196. The van der Waals surface area contributed by atoms with Crippen LogP contribution in [0.1, 0.15) is 112 Å². The van der Waals surface area contributed by atoms with Crippen LogP contribution in [-0.2, 0) is 6.42 Å². The number of rotatable bonds is 11. The van der Waals surface area contributed by atoms with E-state index in [-0.39, 0.29) is 5.69 Å². The Labute approximate surface area is 329 Å². The number of aromatic carboxylic acids is 1. The summed E-state index contributed by atoms with van der Waals surface area (Å²) in [7, 11) is 4.40. The van der Waals surface area contributed by atoms with Gasteiger partial charge in [0.15, 0.2) is 22.5 Å². The predicted molar refractivity (Wildman–Crippen MR) is 223 cm³/mol. The van der Waals surface area contributed by atoms with Crippen molar-refractivity contribution in [1.29, 1.82) is 0 Å². The number of benzene rings is 1. The van der Waals surface area contributed by atoms with E-state index in [0.29, 0.717) is 51.3 Å². The first kappa shape index (κ1) is 36.5. The fraction of sp³-hybridized carbons (Fsp3) is 0.533. The number of pyridine rings is 1. The van der Waals surface area contributed by atoms with Crippen molar-refractivity contribution in [3.05, 3.63) is 76.5 Å². The molecule has 10 heteroatoms. The predicted octanol–water partition coefficient (Wildman–Crippen LogP) is 10.4. The molecule has 2 N–H and O–H groups in total. The Balaban J connectivity index is 0.973. The molecule has 0 amide bonds. The number of carbonyl (C=O) groups is 1. The van der Waals surface area contributed by atoms with Crippen molar-refractivity contribution in [1.82, 2.24) is 25.1 Å². The topological polar surface area (TPSA) is 107 Å². The Bertz CT molecular complexity index is 2210. The number of nitrogens with one attached hydrogen (secondary N) is 1. The quantitative estimate of drug-likeness (QED) is 0.155. The molecule has 3 atom stereocenters. The molecular weight excluding hydrogens is 703 g/mol. The Kier molecular flexibility index (Phi) is 8.77. The van der Waals surface area contributed by atoms with Crippen LogP contribution < -0.4 is 10.2 Å². The molecule has 1 aromatic carbocycles. The van der Waals surface area contributed by atoms with E-state index in [9.17, 15) is 9.90 Å². The van der Waals surface area contributed by atoms with Gasteiger partial charge >= 0.3 is 5.97 Å². The highest BCUT2D eigenvalue weighted by atomic mass is 32.1. The van der Waals surface area contributed by atoms with Crippen molar-refractivity contribution in [2.75, 3.05) is 37.4 Å². The third-order valence-electron chi connectivity index (χ3n) is 13.8. The minimum atomic E-state index is -1.01. The highest BCUT2D eigenvalue weighted by Crippen LogP contribution is 2.76. The molecule has 4 aromatic rings. The number of nitrogens with zero attached hydrogens (tertiary/aromatic N) is 6. The summed E-state index contributed by atoms with van der Waals surface area (Å²) in [6.07, 6.45) is 18.2. The number of aromatic nitrogens is 4. The smallest absolute Gasteiger partial charge is 0.355 e. The number of anilines is 4. The molecule has 0 saturated heterocycles. The molecule has 3 unspecified atom stereocenters. The second-order valence-corrected chi connectivity index (χ2v) is 20.1. The summed E-state index contributed by atoms with van der Waals surface area (Å²) in [5.74, 6) is 1.33. The van der Waals surface area contributed by atoms with E-state index < -0.39 is 5.97 Å². The number of carboxylic acid groups (broad SMARTS) is 1. The summed E-state index contributed by atoms with van der Waals surface area (Å²) in [5.41, 5.74) is 7.80. The molecular formula is C45H55N7O2S. The first-order chi connectivity index (χ1) is 26.2. The monoisotopic (exact) mass is 757 g/mol. The van der Waals surface area contributed by atoms with Crippen LogP contribution in [0.5, 0.6) is 0 Å². The number of para-hydroxylation sites is 1. The van der Waals surface area contributed by atoms with Crippen LogP contribution >= 0.6 is 11.3 Å². The number of fused-ring (bicyclic) bond motifs is 2. The number of hydrogen-bond donors (Lipinski definition) is 2. The van der Waals surface area contributed by atoms with Gasteiger partial charge in [-0.1, -0.05) is 55.0 Å². The highest BCUT2D eigenvalue weighted by Gasteiger charge is 2.65. The van der Waals surface area contributed by atoms with Crippen molar-refractivity contribution in [3.63, 3.8) is 0 Å². The summed E-state index contributed by atoms with van der Waals surface area (Å²) < 4.78 is 1.11. The molecule has 55 heavy (non-hydrogen) atoms. The maximum atomic E-state index is 12.9. The number of hydrogen-bond acceptors (Lipinski definition) is 9. The fourth-order valence-corrected chi connectivity index (χ4v) is 13.9. The maximum absolute atomic E-state index is 12.9. The van der Waals surface area contributed by atoms with Crippen molar-refractivity contribution < 1.29 is 9.90 Å². The molecule has 288 valence electrons. The van der Waals surface area contributed by atoms with Crippen LogP contribution in [0.3, 0.4) is 0 Å². The molecule has 4 fully saturated rings. The van der Waals surface area contributed by atoms with Gasteiger partial charge in [-0.05, 0) is 163 Å². The summed E-state index contributed by atoms with van der Waals surface area (Å²) in [4.78, 5) is 26.9. The SMILES string of the molecule is CC1=C(c2ccc(N3CCCc4c3nnc(Nc3nc5ccccc5s3)c4C)nc2C(=O)O)C=CC1CC12CC3(C)CC(C)(CC(CCCN(C)C)(C3)C1)C2. The summed E-state index contributed by atoms with van der Waals surface area (Å²) >= 11 is 1.59. The Morgan fingerprint density at radius 1 is 0.982 bits per heavy atom. The first-order valence-corrected chi connectivity index (χ1v) is 21.1. The summed E-state index contributed by atoms with van der Waals surface area (Å²) in [6, 6.07) is 12.0. The highest BCUT2D eigenvalue weighted by molar-refractivity contribution is 7.22. The number of allylic oxidation sites excluding steroid dienone is 4. The normalized spacial score (nSPS) is 29.5. The molecule has 6 aliphatic rings. The van der Waals surface area contributed by atoms with E-state index in [0.717, 1.165) is 57.1 Å². The molecule has 1 aliphatic heterocycles. The second kappa shape index (κ2) is 13.2. The lowest BCUT2D eigenvalue weighted by Crippen LogP contribution is -2.60. The van der Waals surface area contributed by atoms with Crippen molar-refractivity contribution in [2.24, 2.45) is 27.6 Å². The van der Waals surface area contributed by atoms with Crippen LogP contribution in [-0.4, -0.2) is 63.3 Å². The zero-order valence-electron chi connectivity index (χ0n) is 33.3. The minimum absolute atomic E-state index is 0.0951. The Hall–Kier alpha value is -4.15. The van der Waals surface area contributed by atoms with Gasteiger partial charge in [-0.25, -0.2) is 14.8 Å². The lowest BCUT2D eigenvalue weighted by atomic mass is 9.34. The minimum Gasteiger partial charge on any atom is -0.476 e. The first-order valence-electron chi connectivity index (χ1n) is 20.3. The second-order valence-electron chi connectivity index (χ2n) is 19.1. The van der Waals surface area contributed by atoms with Gasteiger partial charge in [0.05, 0.1) is 10.2 Å². The zero-order valence-corrected chi connectivity index (χ0v) is 34.2. The van der Waals surface area contributed by atoms with Crippen molar-refractivity contribution in [3.8, 4) is 0 Å². The van der Waals surface area contributed by atoms with Crippen LogP contribution in [0.25, 0.3) is 15.8 Å². The fourth-order valence-electron chi connectivity index (χ4n) is 13.1. The van der Waals surface area contributed by atoms with Crippen LogP contribution in [0, 0.1) is 34.5 Å². The summed E-state index contributed by atoms with van der Waals surface area (Å²) in [6.45, 7) is 11.3. The van der Waals surface area contributed by atoms with E-state index in [2.05, 4.69) is 75.3 Å². The summed E-state index contributed by atoms with van der Waals surface area (Å²) in [5, 5.41) is 24.1. The van der Waals surface area contributed by atoms with E-state index in [1.165, 1.54) is 63.5 Å². The molecule has 10 rings (SSSR count). The van der Waals surface area contributed by atoms with E-state index in [1.54, 1.807) is 11.3 Å². The van der Waals surface area contributed by atoms with Gasteiger partial charge in [0.1, 0.15) is 5.82 Å². The van der Waals surface area contributed by atoms with E-state index in [4.69, 9.17) is 15.1 Å². The molecule has 3 aromatic heterocycles. The number of carboxylic acids is 1. The molecule has 9 nitrogen and oxygen atoms in total. The van der Waals surface area contributed by atoms with Gasteiger partial charge in [-0.15, -0.1) is 10.2 Å². The van der Waals surface area contributed by atoms with Crippen LogP contribution in [0.2, 0.25) is 0 Å².